The van der Waals surface area contributed by atoms with E-state index >= 15 is 0 Å². The minimum atomic E-state index is 0.396. The average Bonchev–Trinajstić information content (AvgIpc) is 2.97. The predicted molar refractivity (Wildman–Crippen MR) is 77.8 cm³/mol. The topological polar surface area (TPSA) is 18.5 Å². The lowest BCUT2D eigenvalue weighted by atomic mass is 9.98. The van der Waals surface area contributed by atoms with Gasteiger partial charge in [0.25, 0.3) is 0 Å². The van der Waals surface area contributed by atoms with E-state index in [1.165, 1.54) is 17.5 Å². The van der Waals surface area contributed by atoms with E-state index in [-0.39, 0.29) is 0 Å². The quantitative estimate of drug-likeness (QED) is 0.762. The summed E-state index contributed by atoms with van der Waals surface area (Å²) in [6, 6.07) is 4.15. The Kier molecular flexibility index (Phi) is 3.63. The lowest BCUT2D eigenvalue weighted by Crippen LogP contribution is -2.02. The van der Waals surface area contributed by atoms with Crippen molar-refractivity contribution >= 4 is 15.9 Å². The second kappa shape index (κ2) is 4.76. The van der Waals surface area contributed by atoms with Crippen molar-refractivity contribution < 1.29 is 9.47 Å². The lowest BCUT2D eigenvalue weighted by Gasteiger charge is -2.18. The zero-order chi connectivity index (χ0) is 13.5. The summed E-state index contributed by atoms with van der Waals surface area (Å²) in [5, 5.41) is 0. The molecule has 0 spiro atoms. The van der Waals surface area contributed by atoms with E-state index in [1.807, 2.05) is 0 Å². The van der Waals surface area contributed by atoms with E-state index < -0.39 is 0 Å². The number of hydrogen-bond acceptors (Lipinski definition) is 2. The first-order chi connectivity index (χ1) is 8.40. The molecule has 0 N–H and O–H groups in total. The van der Waals surface area contributed by atoms with E-state index in [2.05, 4.69) is 48.8 Å². The Morgan fingerprint density at radius 2 is 1.72 bits per heavy atom. The molecule has 0 radical (unpaired) electrons. The maximum atomic E-state index is 5.39. The Morgan fingerprint density at radius 1 is 1.22 bits per heavy atom. The Hall–Kier alpha value is -0.700. The second-order valence-electron chi connectivity index (χ2n) is 5.76. The molecule has 1 aromatic carbocycles. The minimum absolute atomic E-state index is 0.396. The van der Waals surface area contributed by atoms with Gasteiger partial charge in [0.1, 0.15) is 0 Å². The molecule has 100 valence electrons. The minimum Gasteiger partial charge on any atom is -0.493 e. The highest BCUT2D eigenvalue weighted by Crippen LogP contribution is 2.61. The molecule has 0 saturated heterocycles. The van der Waals surface area contributed by atoms with Crippen LogP contribution in [0, 0.1) is 18.3 Å². The van der Waals surface area contributed by atoms with Crippen molar-refractivity contribution in [1.29, 1.82) is 0 Å². The van der Waals surface area contributed by atoms with Crippen LogP contribution >= 0.6 is 15.9 Å². The number of ether oxygens (including phenoxy) is 2. The first kappa shape index (κ1) is 13.7. The molecule has 18 heavy (non-hydrogen) atoms. The SMILES string of the molecule is COc1cc(C)c(C(Br)C2CC2(C)C)cc1OC. The number of aryl methyl sites for hydroxylation is 1. The Bertz CT molecular complexity index is 454. The zero-order valence-corrected chi connectivity index (χ0v) is 13.3. The van der Waals surface area contributed by atoms with Crippen LogP contribution in [0.4, 0.5) is 0 Å². The van der Waals surface area contributed by atoms with Gasteiger partial charge in [-0.1, -0.05) is 29.8 Å². The molecule has 1 fully saturated rings. The molecule has 0 heterocycles. The Labute approximate surface area is 118 Å². The van der Waals surface area contributed by atoms with Crippen LogP contribution in [-0.2, 0) is 0 Å². The predicted octanol–water partition coefficient (Wildman–Crippen LogP) is 4.49. The molecule has 0 aliphatic heterocycles. The maximum Gasteiger partial charge on any atom is 0.161 e. The fraction of sp³-hybridized carbons (Fsp3) is 0.600. The summed E-state index contributed by atoms with van der Waals surface area (Å²) in [6.45, 7) is 6.77. The van der Waals surface area contributed by atoms with Crippen molar-refractivity contribution in [2.75, 3.05) is 14.2 Å². The molecular weight excluding hydrogens is 292 g/mol. The summed E-state index contributed by atoms with van der Waals surface area (Å²) < 4.78 is 10.7. The van der Waals surface area contributed by atoms with E-state index in [9.17, 15) is 0 Å². The van der Waals surface area contributed by atoms with Gasteiger partial charge in [0.05, 0.1) is 14.2 Å². The smallest absolute Gasteiger partial charge is 0.161 e. The Balaban J connectivity index is 2.33. The number of halogens is 1. The van der Waals surface area contributed by atoms with E-state index in [0.29, 0.717) is 16.2 Å². The molecule has 2 nitrogen and oxygen atoms in total. The van der Waals surface area contributed by atoms with Gasteiger partial charge in [-0.25, -0.2) is 0 Å². The van der Waals surface area contributed by atoms with Gasteiger partial charge in [-0.3, -0.25) is 0 Å². The van der Waals surface area contributed by atoms with Crippen molar-refractivity contribution in [3.05, 3.63) is 23.3 Å². The Morgan fingerprint density at radius 3 is 2.17 bits per heavy atom. The van der Waals surface area contributed by atoms with Crippen molar-refractivity contribution in [3.8, 4) is 11.5 Å². The molecule has 1 aliphatic rings. The summed E-state index contributed by atoms with van der Waals surface area (Å²) in [7, 11) is 3.36. The summed E-state index contributed by atoms with van der Waals surface area (Å²) in [6.07, 6.45) is 1.27. The molecule has 2 unspecified atom stereocenters. The van der Waals surface area contributed by atoms with E-state index in [0.717, 1.165) is 11.5 Å². The number of hydrogen-bond donors (Lipinski definition) is 0. The van der Waals surface area contributed by atoms with Gasteiger partial charge in [-0.2, -0.15) is 0 Å². The highest BCUT2D eigenvalue weighted by molar-refractivity contribution is 9.09. The average molecular weight is 313 g/mol. The fourth-order valence-corrected chi connectivity index (χ4v) is 3.91. The molecule has 3 heteroatoms. The third kappa shape index (κ3) is 2.37. The maximum absolute atomic E-state index is 5.39. The van der Waals surface area contributed by atoms with Gasteiger partial charge >= 0.3 is 0 Å². The van der Waals surface area contributed by atoms with Crippen LogP contribution in [0.5, 0.6) is 11.5 Å². The van der Waals surface area contributed by atoms with E-state index in [4.69, 9.17) is 9.47 Å². The van der Waals surface area contributed by atoms with Crippen LogP contribution in [0.3, 0.4) is 0 Å². The fourth-order valence-electron chi connectivity index (χ4n) is 2.52. The van der Waals surface area contributed by atoms with Crippen molar-refractivity contribution in [2.45, 2.75) is 32.0 Å². The van der Waals surface area contributed by atoms with Gasteiger partial charge < -0.3 is 9.47 Å². The lowest BCUT2D eigenvalue weighted by molar-refractivity contribution is 0.354. The number of methoxy groups -OCH3 is 2. The van der Waals surface area contributed by atoms with E-state index in [1.54, 1.807) is 14.2 Å². The first-order valence-corrected chi connectivity index (χ1v) is 7.19. The van der Waals surface area contributed by atoms with Crippen LogP contribution in [0.2, 0.25) is 0 Å². The highest BCUT2D eigenvalue weighted by atomic mass is 79.9. The van der Waals surface area contributed by atoms with Crippen LogP contribution in [0.15, 0.2) is 12.1 Å². The van der Waals surface area contributed by atoms with Gasteiger partial charge in [0.15, 0.2) is 11.5 Å². The number of rotatable bonds is 4. The third-order valence-corrected chi connectivity index (χ3v) is 5.14. The molecule has 1 aromatic rings. The monoisotopic (exact) mass is 312 g/mol. The highest BCUT2D eigenvalue weighted by Gasteiger charge is 2.50. The van der Waals surface area contributed by atoms with Gasteiger partial charge in [-0.15, -0.1) is 0 Å². The standard InChI is InChI=1S/C15H21BrO2/c1-9-6-12(17-4)13(18-5)7-10(9)14(16)11-8-15(11,2)3/h6-7,11,14H,8H2,1-5H3. The third-order valence-electron chi connectivity index (χ3n) is 4.01. The molecular formula is C15H21BrO2. The van der Waals surface area contributed by atoms with Gasteiger partial charge in [0, 0.05) is 4.83 Å². The van der Waals surface area contributed by atoms with Gasteiger partial charge in [-0.05, 0) is 47.9 Å². The molecule has 0 amide bonds. The zero-order valence-electron chi connectivity index (χ0n) is 11.7. The molecule has 0 aromatic heterocycles. The molecule has 2 rings (SSSR count). The van der Waals surface area contributed by atoms with Crippen LogP contribution in [-0.4, -0.2) is 14.2 Å². The van der Waals surface area contributed by atoms with Crippen LogP contribution < -0.4 is 9.47 Å². The molecule has 1 aliphatic carbocycles. The van der Waals surface area contributed by atoms with Crippen molar-refractivity contribution in [1.82, 2.24) is 0 Å². The van der Waals surface area contributed by atoms with Crippen molar-refractivity contribution in [3.63, 3.8) is 0 Å². The summed E-state index contributed by atoms with van der Waals surface area (Å²) in [5.74, 6) is 2.31. The molecule has 2 atom stereocenters. The number of alkyl halides is 1. The van der Waals surface area contributed by atoms with Crippen LogP contribution in [0.1, 0.15) is 36.2 Å². The normalized spacial score (nSPS) is 22.4. The second-order valence-corrected chi connectivity index (χ2v) is 6.75. The molecule has 0 bridgehead atoms. The van der Waals surface area contributed by atoms with Gasteiger partial charge in [0.2, 0.25) is 0 Å². The summed E-state index contributed by atoms with van der Waals surface area (Å²) in [5.41, 5.74) is 3.01. The number of benzene rings is 1. The summed E-state index contributed by atoms with van der Waals surface area (Å²) in [4.78, 5) is 0.396. The van der Waals surface area contributed by atoms with Crippen LogP contribution in [0.25, 0.3) is 0 Å². The first-order valence-electron chi connectivity index (χ1n) is 6.27. The molecule has 1 saturated carbocycles. The summed E-state index contributed by atoms with van der Waals surface area (Å²) >= 11 is 3.85. The van der Waals surface area contributed by atoms with Crippen molar-refractivity contribution in [2.24, 2.45) is 11.3 Å². The largest absolute Gasteiger partial charge is 0.493 e.